The predicted molar refractivity (Wildman–Crippen MR) is 134 cm³/mol. The summed E-state index contributed by atoms with van der Waals surface area (Å²) in [6.07, 6.45) is 1.50. The fourth-order valence-corrected chi connectivity index (χ4v) is 4.85. The molecule has 0 saturated heterocycles. The monoisotopic (exact) mass is 484 g/mol. The molecule has 1 amide bonds. The van der Waals surface area contributed by atoms with Gasteiger partial charge in [-0.2, -0.15) is 5.10 Å². The van der Waals surface area contributed by atoms with Crippen LogP contribution in [0.15, 0.2) is 82.8 Å². The second-order valence-corrected chi connectivity index (χ2v) is 9.83. The number of benzene rings is 3. The number of carbonyl (C=O) groups excluding carboxylic acids is 1. The van der Waals surface area contributed by atoms with Gasteiger partial charge in [0.1, 0.15) is 6.54 Å². The molecule has 0 aliphatic heterocycles. The molecule has 0 atom stereocenters. The first kappa shape index (κ1) is 24.3. The van der Waals surface area contributed by atoms with E-state index in [1.54, 1.807) is 43.3 Å². The van der Waals surface area contributed by atoms with E-state index in [1.807, 2.05) is 43.3 Å². The van der Waals surface area contributed by atoms with Crippen LogP contribution >= 0.6 is 11.6 Å². The summed E-state index contributed by atoms with van der Waals surface area (Å²) in [5.41, 5.74) is 5.23. The Morgan fingerprint density at radius 2 is 1.70 bits per heavy atom. The summed E-state index contributed by atoms with van der Waals surface area (Å²) in [6, 6.07) is 20.4. The summed E-state index contributed by atoms with van der Waals surface area (Å²) >= 11 is 6.04. The van der Waals surface area contributed by atoms with E-state index in [2.05, 4.69) is 10.5 Å². The predicted octanol–water partition coefficient (Wildman–Crippen LogP) is 4.06. The van der Waals surface area contributed by atoms with E-state index in [9.17, 15) is 13.2 Å². The molecule has 0 heterocycles. The van der Waals surface area contributed by atoms with Crippen LogP contribution < -0.4 is 14.6 Å². The first-order chi connectivity index (χ1) is 15.7. The molecule has 0 bridgehead atoms. The van der Waals surface area contributed by atoms with Gasteiger partial charge in [0.05, 0.1) is 16.8 Å². The third-order valence-electron chi connectivity index (χ3n) is 4.86. The van der Waals surface area contributed by atoms with Gasteiger partial charge in [0, 0.05) is 24.8 Å². The molecular weight excluding hydrogens is 460 g/mol. The Morgan fingerprint density at radius 1 is 1.03 bits per heavy atom. The Hall–Kier alpha value is -3.36. The quantitative estimate of drug-likeness (QED) is 0.386. The van der Waals surface area contributed by atoms with E-state index in [1.165, 1.54) is 18.3 Å². The lowest BCUT2D eigenvalue weighted by Gasteiger charge is -2.25. The average molecular weight is 485 g/mol. The molecular formula is C24H25ClN4O3S. The van der Waals surface area contributed by atoms with Crippen molar-refractivity contribution in [2.75, 3.05) is 29.8 Å². The maximum absolute atomic E-state index is 13.4. The van der Waals surface area contributed by atoms with Gasteiger partial charge in [0.2, 0.25) is 0 Å². The Labute approximate surface area is 199 Å². The van der Waals surface area contributed by atoms with E-state index in [0.29, 0.717) is 16.3 Å². The van der Waals surface area contributed by atoms with Crippen LogP contribution in [0.3, 0.4) is 0 Å². The minimum absolute atomic E-state index is 0.0802. The highest BCUT2D eigenvalue weighted by Gasteiger charge is 2.28. The van der Waals surface area contributed by atoms with Crippen LogP contribution in [0.4, 0.5) is 11.4 Å². The minimum Gasteiger partial charge on any atom is -0.378 e. The largest absolute Gasteiger partial charge is 0.378 e. The Bertz CT molecular complexity index is 1240. The third-order valence-corrected chi connectivity index (χ3v) is 6.87. The van der Waals surface area contributed by atoms with Gasteiger partial charge in [-0.3, -0.25) is 9.10 Å². The summed E-state index contributed by atoms with van der Waals surface area (Å²) in [6.45, 7) is 1.29. The van der Waals surface area contributed by atoms with Gasteiger partial charge in [-0.1, -0.05) is 41.9 Å². The van der Waals surface area contributed by atoms with Gasteiger partial charge >= 0.3 is 0 Å². The number of hydrogen-bond acceptors (Lipinski definition) is 5. The molecule has 172 valence electrons. The number of rotatable bonds is 8. The van der Waals surface area contributed by atoms with Crippen LogP contribution in [-0.2, 0) is 14.8 Å². The van der Waals surface area contributed by atoms with Crippen molar-refractivity contribution < 1.29 is 13.2 Å². The molecule has 0 aliphatic rings. The third kappa shape index (κ3) is 6.12. The molecule has 0 radical (unpaired) electrons. The molecule has 1 N–H and O–H groups in total. The Kier molecular flexibility index (Phi) is 7.73. The number of carbonyl (C=O) groups is 1. The summed E-state index contributed by atoms with van der Waals surface area (Å²) in [7, 11) is -0.111. The maximum Gasteiger partial charge on any atom is 0.264 e. The highest BCUT2D eigenvalue weighted by molar-refractivity contribution is 7.92. The van der Waals surface area contributed by atoms with Gasteiger partial charge in [0.25, 0.3) is 15.9 Å². The first-order valence-electron chi connectivity index (χ1n) is 10.1. The minimum atomic E-state index is -4.00. The number of sulfonamides is 1. The number of anilines is 2. The fraction of sp³-hybridized carbons (Fsp3) is 0.167. The molecule has 0 saturated carbocycles. The highest BCUT2D eigenvalue weighted by Crippen LogP contribution is 2.28. The van der Waals surface area contributed by atoms with Crippen LogP contribution in [0.25, 0.3) is 0 Å². The zero-order valence-corrected chi connectivity index (χ0v) is 20.1. The van der Waals surface area contributed by atoms with Crippen LogP contribution in [0.1, 0.15) is 11.1 Å². The van der Waals surface area contributed by atoms with Gasteiger partial charge in [0.15, 0.2) is 0 Å². The second kappa shape index (κ2) is 10.5. The number of hydrogen-bond donors (Lipinski definition) is 1. The van der Waals surface area contributed by atoms with Crippen molar-refractivity contribution in [2.24, 2.45) is 5.10 Å². The number of aryl methyl sites for hydroxylation is 1. The molecule has 3 aromatic carbocycles. The van der Waals surface area contributed by atoms with Crippen molar-refractivity contribution in [3.05, 3.63) is 88.9 Å². The number of halogens is 1. The molecule has 0 unspecified atom stereocenters. The van der Waals surface area contributed by atoms with Crippen LogP contribution in [0.5, 0.6) is 0 Å². The molecule has 0 spiro atoms. The van der Waals surface area contributed by atoms with E-state index >= 15 is 0 Å². The van der Waals surface area contributed by atoms with Gasteiger partial charge < -0.3 is 4.90 Å². The number of nitrogens with zero attached hydrogens (tertiary/aromatic N) is 3. The van der Waals surface area contributed by atoms with E-state index in [0.717, 1.165) is 15.6 Å². The zero-order chi connectivity index (χ0) is 24.0. The standard InChI is InChI=1S/C24H25ClN4O3S/c1-18-15-20(25)11-14-23(18)29(33(31,32)22-7-5-4-6-8-22)17-24(30)27-26-16-19-9-12-21(13-10-19)28(2)3/h4-16H,17H2,1-3H3,(H,27,30)/b26-16-. The summed E-state index contributed by atoms with van der Waals surface area (Å²) < 4.78 is 27.8. The van der Waals surface area contributed by atoms with Crippen LogP contribution in [0.2, 0.25) is 5.02 Å². The lowest BCUT2D eigenvalue weighted by Crippen LogP contribution is -2.40. The lowest BCUT2D eigenvalue weighted by molar-refractivity contribution is -0.119. The molecule has 3 rings (SSSR count). The number of hydrazone groups is 1. The first-order valence-corrected chi connectivity index (χ1v) is 11.9. The Morgan fingerprint density at radius 3 is 2.30 bits per heavy atom. The van der Waals surface area contributed by atoms with Crippen molar-refractivity contribution in [2.45, 2.75) is 11.8 Å². The average Bonchev–Trinajstić information content (AvgIpc) is 2.79. The molecule has 0 aliphatic carbocycles. The smallest absolute Gasteiger partial charge is 0.264 e. The van der Waals surface area contributed by atoms with Gasteiger partial charge in [-0.15, -0.1) is 0 Å². The van der Waals surface area contributed by atoms with Crippen molar-refractivity contribution in [3.8, 4) is 0 Å². The molecule has 7 nitrogen and oxygen atoms in total. The molecule has 0 fully saturated rings. The second-order valence-electron chi connectivity index (χ2n) is 7.53. The van der Waals surface area contributed by atoms with E-state index in [4.69, 9.17) is 11.6 Å². The fourth-order valence-electron chi connectivity index (χ4n) is 3.12. The van der Waals surface area contributed by atoms with E-state index in [-0.39, 0.29) is 4.90 Å². The van der Waals surface area contributed by atoms with Crippen LogP contribution in [0, 0.1) is 6.92 Å². The zero-order valence-electron chi connectivity index (χ0n) is 18.6. The Balaban J connectivity index is 1.82. The van der Waals surface area contributed by atoms with Crippen molar-refractivity contribution in [3.63, 3.8) is 0 Å². The number of amides is 1. The molecule has 9 heteroatoms. The van der Waals surface area contributed by atoms with Crippen molar-refractivity contribution in [1.29, 1.82) is 0 Å². The summed E-state index contributed by atoms with van der Waals surface area (Å²) in [4.78, 5) is 14.7. The number of nitrogens with one attached hydrogen (secondary N) is 1. The van der Waals surface area contributed by atoms with Gasteiger partial charge in [-0.05, 0) is 60.5 Å². The summed E-state index contributed by atoms with van der Waals surface area (Å²) in [5, 5.41) is 4.45. The summed E-state index contributed by atoms with van der Waals surface area (Å²) in [5.74, 6) is -0.579. The van der Waals surface area contributed by atoms with Gasteiger partial charge in [-0.25, -0.2) is 13.8 Å². The SMILES string of the molecule is Cc1cc(Cl)ccc1N(CC(=O)N/N=C\c1ccc(N(C)C)cc1)S(=O)(=O)c1ccccc1. The highest BCUT2D eigenvalue weighted by atomic mass is 35.5. The normalized spacial score (nSPS) is 11.4. The van der Waals surface area contributed by atoms with E-state index < -0.39 is 22.5 Å². The topological polar surface area (TPSA) is 82.1 Å². The molecule has 33 heavy (non-hydrogen) atoms. The van der Waals surface area contributed by atoms with Crippen molar-refractivity contribution >= 4 is 45.1 Å². The van der Waals surface area contributed by atoms with Crippen molar-refractivity contribution in [1.82, 2.24) is 5.43 Å². The maximum atomic E-state index is 13.4. The van der Waals surface area contributed by atoms with Crippen LogP contribution in [-0.4, -0.2) is 41.2 Å². The lowest BCUT2D eigenvalue weighted by atomic mass is 10.2. The molecule has 0 aromatic heterocycles. The molecule has 3 aromatic rings.